The molecule has 7 nitrogen and oxygen atoms in total. The lowest BCUT2D eigenvalue weighted by Crippen LogP contribution is -2.62. The molecule has 1 aliphatic carbocycles. The third-order valence-corrected chi connectivity index (χ3v) is 3.44. The van der Waals surface area contributed by atoms with Crippen molar-refractivity contribution in [3.05, 3.63) is 0 Å². The van der Waals surface area contributed by atoms with Gasteiger partial charge in [0, 0.05) is 0 Å². The molecule has 1 rings (SSSR count). The van der Waals surface area contributed by atoms with Crippen LogP contribution < -0.4 is 11.1 Å². The van der Waals surface area contributed by atoms with E-state index in [0.29, 0.717) is 12.8 Å². The standard InChI is InChI=1S/C13H24N2O5/c1-12(2,3)20-11(19)15-13(6-4-5-7-13)9(16)8(14)10(17)18/h8-9,16H,4-7,14H2,1-3H3,(H,15,19)(H,17,18). The van der Waals surface area contributed by atoms with Crippen molar-refractivity contribution in [1.29, 1.82) is 0 Å². The Labute approximate surface area is 118 Å². The monoisotopic (exact) mass is 288 g/mol. The van der Waals surface area contributed by atoms with Crippen LogP contribution in [0.15, 0.2) is 0 Å². The van der Waals surface area contributed by atoms with Gasteiger partial charge in [-0.05, 0) is 33.6 Å². The Morgan fingerprint density at radius 1 is 1.30 bits per heavy atom. The van der Waals surface area contributed by atoms with Crippen LogP contribution in [-0.4, -0.2) is 45.6 Å². The van der Waals surface area contributed by atoms with Gasteiger partial charge in [-0.2, -0.15) is 0 Å². The van der Waals surface area contributed by atoms with Crippen LogP contribution in [-0.2, 0) is 9.53 Å². The Hall–Kier alpha value is -1.34. The maximum Gasteiger partial charge on any atom is 0.408 e. The molecule has 0 aromatic heterocycles. The molecular weight excluding hydrogens is 264 g/mol. The summed E-state index contributed by atoms with van der Waals surface area (Å²) in [5.41, 5.74) is 3.80. The number of carbonyl (C=O) groups excluding carboxylic acids is 1. The lowest BCUT2D eigenvalue weighted by Gasteiger charge is -2.37. The Morgan fingerprint density at radius 3 is 2.20 bits per heavy atom. The van der Waals surface area contributed by atoms with E-state index in [2.05, 4.69) is 5.32 Å². The van der Waals surface area contributed by atoms with Crippen molar-refractivity contribution in [2.45, 2.75) is 69.7 Å². The molecule has 0 aliphatic heterocycles. The molecule has 7 heteroatoms. The van der Waals surface area contributed by atoms with Gasteiger partial charge in [-0.25, -0.2) is 4.79 Å². The molecule has 0 bridgehead atoms. The molecule has 0 heterocycles. The van der Waals surface area contributed by atoms with Gasteiger partial charge >= 0.3 is 12.1 Å². The highest BCUT2D eigenvalue weighted by atomic mass is 16.6. The van der Waals surface area contributed by atoms with E-state index in [1.54, 1.807) is 20.8 Å². The van der Waals surface area contributed by atoms with Crippen molar-refractivity contribution >= 4 is 12.1 Å². The number of amides is 1. The number of carboxylic acid groups (broad SMARTS) is 1. The number of carbonyl (C=O) groups is 2. The molecule has 2 unspecified atom stereocenters. The average molecular weight is 288 g/mol. The van der Waals surface area contributed by atoms with Crippen molar-refractivity contribution in [3.8, 4) is 0 Å². The van der Waals surface area contributed by atoms with Crippen molar-refractivity contribution in [1.82, 2.24) is 5.32 Å². The van der Waals surface area contributed by atoms with Gasteiger partial charge in [0.1, 0.15) is 17.7 Å². The highest BCUT2D eigenvalue weighted by Gasteiger charge is 2.47. The number of nitrogens with two attached hydrogens (primary N) is 1. The van der Waals surface area contributed by atoms with E-state index in [0.717, 1.165) is 12.8 Å². The largest absolute Gasteiger partial charge is 0.480 e. The average Bonchev–Trinajstić information content (AvgIpc) is 2.73. The van der Waals surface area contributed by atoms with Gasteiger partial charge in [-0.3, -0.25) is 4.79 Å². The van der Waals surface area contributed by atoms with Crippen LogP contribution in [0.3, 0.4) is 0 Å². The van der Waals surface area contributed by atoms with Crippen LogP contribution in [0.25, 0.3) is 0 Å². The summed E-state index contributed by atoms with van der Waals surface area (Å²) in [6.45, 7) is 5.19. The zero-order chi connectivity index (χ0) is 15.6. The van der Waals surface area contributed by atoms with Gasteiger partial charge in [-0.1, -0.05) is 12.8 Å². The van der Waals surface area contributed by atoms with Crippen molar-refractivity contribution in [2.24, 2.45) is 5.73 Å². The number of nitrogens with one attached hydrogen (secondary N) is 1. The summed E-state index contributed by atoms with van der Waals surface area (Å²) in [7, 11) is 0. The first-order valence-corrected chi connectivity index (χ1v) is 6.75. The van der Waals surface area contributed by atoms with Gasteiger partial charge in [0.2, 0.25) is 0 Å². The number of hydrogen-bond donors (Lipinski definition) is 4. The van der Waals surface area contributed by atoms with E-state index in [1.165, 1.54) is 0 Å². The molecule has 1 fully saturated rings. The second-order valence-corrected chi connectivity index (χ2v) is 6.30. The van der Waals surface area contributed by atoms with E-state index in [9.17, 15) is 14.7 Å². The summed E-state index contributed by atoms with van der Waals surface area (Å²) in [6.07, 6.45) is 0.521. The van der Waals surface area contributed by atoms with Gasteiger partial charge in [0.15, 0.2) is 0 Å². The third-order valence-electron chi connectivity index (χ3n) is 3.44. The summed E-state index contributed by atoms with van der Waals surface area (Å²) >= 11 is 0. The Balaban J connectivity index is 2.82. The quantitative estimate of drug-likeness (QED) is 0.601. The second-order valence-electron chi connectivity index (χ2n) is 6.30. The van der Waals surface area contributed by atoms with Gasteiger partial charge in [-0.15, -0.1) is 0 Å². The fourth-order valence-electron chi connectivity index (χ4n) is 2.49. The smallest absolute Gasteiger partial charge is 0.408 e. The lowest BCUT2D eigenvalue weighted by molar-refractivity contribution is -0.143. The van der Waals surface area contributed by atoms with Crippen LogP contribution in [0.5, 0.6) is 0 Å². The SMILES string of the molecule is CC(C)(C)OC(=O)NC1(C(O)C(N)C(=O)O)CCCC1. The summed E-state index contributed by atoms with van der Waals surface area (Å²) in [6, 6.07) is -1.44. The highest BCUT2D eigenvalue weighted by Crippen LogP contribution is 2.34. The number of aliphatic hydroxyl groups is 1. The molecule has 116 valence electrons. The molecule has 1 saturated carbocycles. The van der Waals surface area contributed by atoms with Crippen molar-refractivity contribution in [2.75, 3.05) is 0 Å². The lowest BCUT2D eigenvalue weighted by atomic mass is 9.86. The summed E-state index contributed by atoms with van der Waals surface area (Å²) in [5, 5.41) is 21.8. The predicted molar refractivity (Wildman–Crippen MR) is 72.2 cm³/mol. The van der Waals surface area contributed by atoms with Crippen LogP contribution in [0.1, 0.15) is 46.5 Å². The number of alkyl carbamates (subject to hydrolysis) is 1. The topological polar surface area (TPSA) is 122 Å². The number of carboxylic acids is 1. The van der Waals surface area contributed by atoms with Crippen LogP contribution in [0.2, 0.25) is 0 Å². The molecular formula is C13H24N2O5. The normalized spacial score (nSPS) is 21.1. The molecule has 0 aromatic carbocycles. The number of hydrogen-bond acceptors (Lipinski definition) is 5. The van der Waals surface area contributed by atoms with E-state index in [1.807, 2.05) is 0 Å². The minimum Gasteiger partial charge on any atom is -0.480 e. The van der Waals surface area contributed by atoms with Gasteiger partial charge in [0.05, 0.1) is 5.54 Å². The van der Waals surface area contributed by atoms with Crippen LogP contribution in [0.4, 0.5) is 4.79 Å². The molecule has 20 heavy (non-hydrogen) atoms. The van der Waals surface area contributed by atoms with E-state index < -0.39 is 35.3 Å². The fraction of sp³-hybridized carbons (Fsp3) is 0.846. The first-order valence-electron chi connectivity index (χ1n) is 6.75. The number of aliphatic carboxylic acids is 1. The molecule has 0 saturated heterocycles. The molecule has 5 N–H and O–H groups in total. The maximum absolute atomic E-state index is 11.9. The van der Waals surface area contributed by atoms with Gasteiger partial charge < -0.3 is 26.0 Å². The first-order chi connectivity index (χ1) is 9.07. The Bertz CT molecular complexity index is 371. The molecule has 0 spiro atoms. The predicted octanol–water partition coefficient (Wildman–Crippen LogP) is 0.597. The van der Waals surface area contributed by atoms with Crippen LogP contribution in [0, 0.1) is 0 Å². The maximum atomic E-state index is 11.9. The first kappa shape index (κ1) is 16.7. The number of rotatable bonds is 4. The van der Waals surface area contributed by atoms with Crippen molar-refractivity contribution < 1.29 is 24.5 Å². The van der Waals surface area contributed by atoms with E-state index >= 15 is 0 Å². The van der Waals surface area contributed by atoms with Gasteiger partial charge in [0.25, 0.3) is 0 Å². The zero-order valence-corrected chi connectivity index (χ0v) is 12.2. The molecule has 0 radical (unpaired) electrons. The third kappa shape index (κ3) is 4.08. The van der Waals surface area contributed by atoms with E-state index in [-0.39, 0.29) is 0 Å². The second kappa shape index (κ2) is 5.97. The summed E-state index contributed by atoms with van der Waals surface area (Å²) in [4.78, 5) is 22.8. The molecule has 1 amide bonds. The number of ether oxygens (including phenoxy) is 1. The summed E-state index contributed by atoms with van der Waals surface area (Å²) < 4.78 is 5.17. The van der Waals surface area contributed by atoms with Crippen LogP contribution >= 0.6 is 0 Å². The van der Waals surface area contributed by atoms with E-state index in [4.69, 9.17) is 15.6 Å². The Kier molecular flexibility index (Phi) is 4.99. The minimum atomic E-state index is -1.44. The number of aliphatic hydroxyl groups excluding tert-OH is 1. The summed E-state index contributed by atoms with van der Waals surface area (Å²) in [5.74, 6) is -1.30. The minimum absolute atomic E-state index is 0.481. The molecule has 0 aromatic rings. The molecule has 2 atom stereocenters. The Morgan fingerprint density at radius 2 is 1.80 bits per heavy atom. The zero-order valence-electron chi connectivity index (χ0n) is 12.2. The highest BCUT2D eigenvalue weighted by molar-refractivity contribution is 5.75. The fourth-order valence-corrected chi connectivity index (χ4v) is 2.49. The molecule has 1 aliphatic rings. The van der Waals surface area contributed by atoms with Crippen molar-refractivity contribution in [3.63, 3.8) is 0 Å².